The number of carbonyl (C=O) groups excluding carboxylic acids is 1. The van der Waals surface area contributed by atoms with Gasteiger partial charge in [-0.3, -0.25) is 9.69 Å². The van der Waals surface area contributed by atoms with Crippen LogP contribution in [0.2, 0.25) is 0 Å². The number of hydrogen-bond acceptors (Lipinski definition) is 5. The summed E-state index contributed by atoms with van der Waals surface area (Å²) in [6, 6.07) is 12.4. The van der Waals surface area contributed by atoms with Gasteiger partial charge in [0.2, 0.25) is 0 Å². The minimum Gasteiger partial charge on any atom is -0.322 e. The third-order valence-electron chi connectivity index (χ3n) is 6.75. The number of likely N-dealkylation sites (N-methyl/N-ethyl adjacent to an activating group) is 2. The maximum atomic E-state index is 13.1. The molecule has 1 aliphatic carbocycles. The van der Waals surface area contributed by atoms with Crippen LogP contribution in [0.4, 0.5) is 5.69 Å². The lowest BCUT2D eigenvalue weighted by Gasteiger charge is -2.29. The Morgan fingerprint density at radius 3 is 2.56 bits per heavy atom. The topological polar surface area (TPSA) is 61.4 Å². The minimum absolute atomic E-state index is 0.101. The number of rotatable bonds is 7. The molecule has 0 radical (unpaired) electrons. The Hall–Kier alpha value is -3.53. The number of hydrogen-bond donors (Lipinski definition) is 1. The third-order valence-corrected chi connectivity index (χ3v) is 6.75. The lowest BCUT2D eigenvalue weighted by molar-refractivity contribution is 0.102. The zero-order valence-corrected chi connectivity index (χ0v) is 21.9. The maximum absolute atomic E-state index is 13.1. The fraction of sp³-hybridized carbons (Fsp3) is 0.367. The smallest absolute Gasteiger partial charge is 0.255 e. The van der Waals surface area contributed by atoms with E-state index in [4.69, 9.17) is 0 Å². The predicted molar refractivity (Wildman–Crippen MR) is 145 cm³/mol. The molecule has 0 aliphatic heterocycles. The van der Waals surface area contributed by atoms with Crippen molar-refractivity contribution in [2.75, 3.05) is 39.0 Å². The van der Waals surface area contributed by atoms with Gasteiger partial charge >= 0.3 is 0 Å². The van der Waals surface area contributed by atoms with Crippen LogP contribution in [0, 0.1) is 25.7 Å². The molecule has 2 aromatic carbocycles. The number of aryl methyl sites for hydroxylation is 3. The van der Waals surface area contributed by atoms with E-state index in [-0.39, 0.29) is 5.91 Å². The SMILES string of the molecule is CCN(CCN(C)C)C1CCc2cc(C(=O)Nc3ccc(C)c(C#Cc4cnc(C)nc4)c3)ccc21. The predicted octanol–water partition coefficient (Wildman–Crippen LogP) is 4.62. The van der Waals surface area contributed by atoms with E-state index in [2.05, 4.69) is 70.1 Å². The van der Waals surface area contributed by atoms with Crippen molar-refractivity contribution in [3.8, 4) is 11.8 Å². The number of nitrogens with zero attached hydrogens (tertiary/aromatic N) is 4. The minimum atomic E-state index is -0.101. The van der Waals surface area contributed by atoms with Crippen molar-refractivity contribution in [2.45, 2.75) is 39.7 Å². The van der Waals surface area contributed by atoms with E-state index in [9.17, 15) is 4.79 Å². The van der Waals surface area contributed by atoms with E-state index in [0.29, 0.717) is 11.6 Å². The van der Waals surface area contributed by atoms with Crippen LogP contribution in [-0.2, 0) is 6.42 Å². The van der Waals surface area contributed by atoms with E-state index in [1.54, 1.807) is 12.4 Å². The summed E-state index contributed by atoms with van der Waals surface area (Å²) in [7, 11) is 4.23. The number of carbonyl (C=O) groups is 1. The normalized spacial score (nSPS) is 14.5. The summed E-state index contributed by atoms with van der Waals surface area (Å²) in [6.07, 6.45) is 5.55. The van der Waals surface area contributed by atoms with Crippen LogP contribution >= 0.6 is 0 Å². The molecule has 0 bridgehead atoms. The van der Waals surface area contributed by atoms with Gasteiger partial charge in [-0.1, -0.05) is 30.9 Å². The van der Waals surface area contributed by atoms with E-state index in [0.717, 1.165) is 60.7 Å². The molecule has 3 aromatic rings. The quantitative estimate of drug-likeness (QED) is 0.499. The Morgan fingerprint density at radius 2 is 1.83 bits per heavy atom. The molecule has 6 heteroatoms. The lowest BCUT2D eigenvalue weighted by Crippen LogP contribution is -2.34. The number of fused-ring (bicyclic) bond motifs is 1. The number of benzene rings is 2. The maximum Gasteiger partial charge on any atom is 0.255 e. The van der Waals surface area contributed by atoms with Gasteiger partial charge in [0.15, 0.2) is 0 Å². The molecule has 1 heterocycles. The Kier molecular flexibility index (Phi) is 8.14. The third kappa shape index (κ3) is 6.17. The van der Waals surface area contributed by atoms with E-state index in [1.807, 2.05) is 38.1 Å². The highest BCUT2D eigenvalue weighted by atomic mass is 16.1. The molecule has 186 valence electrons. The van der Waals surface area contributed by atoms with E-state index >= 15 is 0 Å². The van der Waals surface area contributed by atoms with Gasteiger partial charge in [-0.15, -0.1) is 0 Å². The molecule has 0 saturated carbocycles. The first-order valence-corrected chi connectivity index (χ1v) is 12.6. The lowest BCUT2D eigenvalue weighted by atomic mass is 10.0. The Labute approximate surface area is 214 Å². The molecule has 6 nitrogen and oxygen atoms in total. The standard InChI is InChI=1S/C30H35N5O/c1-6-35(16-15-34(4)5)29-14-11-25-17-26(10-13-28(25)29)30(36)33-27-12-7-21(2)24(18-27)9-8-23-19-31-22(3)32-20-23/h7,10,12-13,17-20,29H,6,11,14-16H2,1-5H3,(H,33,36). The molecular weight excluding hydrogens is 446 g/mol. The highest BCUT2D eigenvalue weighted by Gasteiger charge is 2.27. The summed E-state index contributed by atoms with van der Waals surface area (Å²) in [5.41, 5.74) is 6.74. The van der Waals surface area contributed by atoms with Crippen LogP contribution in [-0.4, -0.2) is 59.4 Å². The van der Waals surface area contributed by atoms with Gasteiger partial charge in [-0.25, -0.2) is 9.97 Å². The largest absolute Gasteiger partial charge is 0.322 e. The second-order valence-electron chi connectivity index (χ2n) is 9.65. The van der Waals surface area contributed by atoms with Gasteiger partial charge in [0.25, 0.3) is 5.91 Å². The molecule has 1 aromatic heterocycles. The van der Waals surface area contributed by atoms with Gasteiger partial charge in [-0.2, -0.15) is 0 Å². The van der Waals surface area contributed by atoms with Gasteiger partial charge in [0, 0.05) is 48.3 Å². The molecule has 1 amide bonds. The Morgan fingerprint density at radius 1 is 1.06 bits per heavy atom. The molecule has 1 atom stereocenters. The Bertz CT molecular complexity index is 1290. The van der Waals surface area contributed by atoms with Gasteiger partial charge < -0.3 is 10.2 Å². The fourth-order valence-electron chi connectivity index (χ4n) is 4.61. The van der Waals surface area contributed by atoms with Gasteiger partial charge in [0.05, 0.1) is 5.56 Å². The van der Waals surface area contributed by atoms with Crippen molar-refractivity contribution in [3.05, 3.63) is 88.0 Å². The van der Waals surface area contributed by atoms with Crippen LogP contribution in [0.3, 0.4) is 0 Å². The summed E-state index contributed by atoms with van der Waals surface area (Å²) in [5, 5.41) is 3.05. The summed E-state index contributed by atoms with van der Waals surface area (Å²) >= 11 is 0. The highest BCUT2D eigenvalue weighted by Crippen LogP contribution is 2.36. The second-order valence-corrected chi connectivity index (χ2v) is 9.65. The first-order valence-electron chi connectivity index (χ1n) is 12.6. The molecule has 0 saturated heterocycles. The van der Waals surface area contributed by atoms with Crippen molar-refractivity contribution in [2.24, 2.45) is 0 Å². The average molecular weight is 482 g/mol. The summed E-state index contributed by atoms with van der Waals surface area (Å²) < 4.78 is 0. The molecule has 1 N–H and O–H groups in total. The van der Waals surface area contributed by atoms with Gasteiger partial charge in [-0.05, 0) is 88.3 Å². The molecule has 1 aliphatic rings. The van der Waals surface area contributed by atoms with Crippen LogP contribution in [0.1, 0.15) is 63.4 Å². The summed E-state index contributed by atoms with van der Waals surface area (Å²) in [6.45, 7) is 9.20. The molecule has 0 fully saturated rings. The van der Waals surface area contributed by atoms with E-state index < -0.39 is 0 Å². The molecule has 4 rings (SSSR count). The van der Waals surface area contributed by atoms with Crippen molar-refractivity contribution in [1.29, 1.82) is 0 Å². The number of amides is 1. The highest BCUT2D eigenvalue weighted by molar-refractivity contribution is 6.04. The molecule has 36 heavy (non-hydrogen) atoms. The Balaban J connectivity index is 1.47. The molecular formula is C30H35N5O. The number of nitrogens with one attached hydrogen (secondary N) is 1. The van der Waals surface area contributed by atoms with Gasteiger partial charge in [0.1, 0.15) is 5.82 Å². The van der Waals surface area contributed by atoms with Crippen LogP contribution in [0.15, 0.2) is 48.8 Å². The van der Waals surface area contributed by atoms with Crippen molar-refractivity contribution in [1.82, 2.24) is 19.8 Å². The second kappa shape index (κ2) is 11.5. The van der Waals surface area contributed by atoms with Crippen molar-refractivity contribution >= 4 is 11.6 Å². The number of aromatic nitrogens is 2. The number of anilines is 1. The summed E-state index contributed by atoms with van der Waals surface area (Å²) in [5.74, 6) is 6.91. The van der Waals surface area contributed by atoms with Crippen LogP contribution in [0.5, 0.6) is 0 Å². The van der Waals surface area contributed by atoms with Crippen molar-refractivity contribution < 1.29 is 4.79 Å². The molecule has 0 spiro atoms. The van der Waals surface area contributed by atoms with Crippen molar-refractivity contribution in [3.63, 3.8) is 0 Å². The summed E-state index contributed by atoms with van der Waals surface area (Å²) in [4.78, 5) is 26.2. The van der Waals surface area contributed by atoms with E-state index in [1.165, 1.54) is 11.1 Å². The first-order chi connectivity index (χ1) is 17.3. The van der Waals surface area contributed by atoms with Crippen LogP contribution in [0.25, 0.3) is 0 Å². The zero-order valence-electron chi connectivity index (χ0n) is 21.9. The monoisotopic (exact) mass is 481 g/mol. The first kappa shape index (κ1) is 25.6. The average Bonchev–Trinajstić information content (AvgIpc) is 3.29. The van der Waals surface area contributed by atoms with Crippen LogP contribution < -0.4 is 5.32 Å². The fourth-order valence-corrected chi connectivity index (χ4v) is 4.61. The molecule has 1 unspecified atom stereocenters. The zero-order chi connectivity index (χ0) is 25.7.